The molecule has 18 heavy (non-hydrogen) atoms. The molecule has 0 radical (unpaired) electrons. The summed E-state index contributed by atoms with van der Waals surface area (Å²) in [7, 11) is 0. The number of hydrogen-bond donors (Lipinski definition) is 0. The Bertz CT molecular complexity index is 395. The van der Waals surface area contributed by atoms with E-state index in [9.17, 15) is 13.2 Å². The monoisotopic (exact) mass is 258 g/mol. The fraction of sp³-hybridized carbons (Fsp3) is 0.538. The number of anilines is 1. The van der Waals surface area contributed by atoms with E-state index in [1.807, 2.05) is 4.90 Å². The summed E-state index contributed by atoms with van der Waals surface area (Å²) in [6, 6.07) is 5.82. The van der Waals surface area contributed by atoms with E-state index in [1.54, 1.807) is 12.1 Å². The highest BCUT2D eigenvalue weighted by Gasteiger charge is 2.34. The van der Waals surface area contributed by atoms with Crippen LogP contribution in [0.2, 0.25) is 0 Å². The van der Waals surface area contributed by atoms with Crippen LogP contribution in [0.5, 0.6) is 0 Å². The van der Waals surface area contributed by atoms with Crippen LogP contribution in [0, 0.1) is 0 Å². The molecule has 5 heteroatoms. The molecule has 0 spiro atoms. The molecule has 0 saturated carbocycles. The third-order valence-corrected chi connectivity index (χ3v) is 3.37. The molecule has 2 nitrogen and oxygen atoms in total. The fourth-order valence-corrected chi connectivity index (χ4v) is 2.29. The average molecular weight is 258 g/mol. The summed E-state index contributed by atoms with van der Waals surface area (Å²) < 4.78 is 38.7. The predicted octanol–water partition coefficient (Wildman–Crippen LogP) is 2.85. The lowest BCUT2D eigenvalue weighted by Crippen LogP contribution is -2.46. The van der Waals surface area contributed by atoms with Gasteiger partial charge in [-0.05, 0) is 18.7 Å². The topological polar surface area (TPSA) is 6.48 Å². The molecule has 0 aromatic heterocycles. The van der Waals surface area contributed by atoms with Crippen LogP contribution in [0.4, 0.5) is 18.9 Å². The van der Waals surface area contributed by atoms with Crippen molar-refractivity contribution in [3.63, 3.8) is 0 Å². The number of hydrogen-bond acceptors (Lipinski definition) is 2. The van der Waals surface area contributed by atoms with Gasteiger partial charge in [0.1, 0.15) is 0 Å². The Morgan fingerprint density at radius 1 is 1.06 bits per heavy atom. The van der Waals surface area contributed by atoms with Crippen molar-refractivity contribution in [1.82, 2.24) is 4.90 Å². The molecule has 1 saturated heterocycles. The predicted molar refractivity (Wildman–Crippen MR) is 65.8 cm³/mol. The van der Waals surface area contributed by atoms with Crippen LogP contribution >= 0.6 is 0 Å². The lowest BCUT2D eigenvalue weighted by molar-refractivity contribution is -0.137. The van der Waals surface area contributed by atoms with Crippen molar-refractivity contribution in [2.75, 3.05) is 37.6 Å². The first-order chi connectivity index (χ1) is 8.52. The standard InChI is InChI=1S/C13H17F3N2/c1-2-17-7-9-18(10-8-17)12-6-4-3-5-11(12)13(14,15)16/h3-6H,2,7-10H2,1H3. The second-order valence-corrected chi connectivity index (χ2v) is 4.44. The number of nitrogens with zero attached hydrogens (tertiary/aromatic N) is 2. The van der Waals surface area contributed by atoms with Gasteiger partial charge in [0.15, 0.2) is 0 Å². The first kappa shape index (κ1) is 13.2. The highest BCUT2D eigenvalue weighted by atomic mass is 19.4. The maximum absolute atomic E-state index is 12.9. The van der Waals surface area contributed by atoms with Gasteiger partial charge in [0.05, 0.1) is 5.56 Å². The Labute approximate surface area is 105 Å². The van der Waals surface area contributed by atoms with E-state index in [4.69, 9.17) is 0 Å². The molecule has 1 aromatic rings. The SMILES string of the molecule is CCN1CCN(c2ccccc2C(F)(F)F)CC1. The van der Waals surface area contributed by atoms with Gasteiger partial charge in [-0.15, -0.1) is 0 Å². The first-order valence-corrected chi connectivity index (χ1v) is 6.16. The van der Waals surface area contributed by atoms with Crippen molar-refractivity contribution in [1.29, 1.82) is 0 Å². The Hall–Kier alpha value is -1.23. The Morgan fingerprint density at radius 2 is 1.67 bits per heavy atom. The second-order valence-electron chi connectivity index (χ2n) is 4.44. The molecule has 0 unspecified atom stereocenters. The minimum atomic E-state index is -4.28. The van der Waals surface area contributed by atoms with Gasteiger partial charge in [0.2, 0.25) is 0 Å². The van der Waals surface area contributed by atoms with Gasteiger partial charge in [0, 0.05) is 31.9 Å². The number of halogens is 3. The lowest BCUT2D eigenvalue weighted by atomic mass is 10.1. The summed E-state index contributed by atoms with van der Waals surface area (Å²) in [4.78, 5) is 4.07. The van der Waals surface area contributed by atoms with Crippen molar-refractivity contribution in [2.45, 2.75) is 13.1 Å². The highest BCUT2D eigenvalue weighted by Crippen LogP contribution is 2.36. The molecule has 1 aliphatic rings. The molecular formula is C13H17F3N2. The van der Waals surface area contributed by atoms with Crippen molar-refractivity contribution >= 4 is 5.69 Å². The zero-order chi connectivity index (χ0) is 13.2. The zero-order valence-corrected chi connectivity index (χ0v) is 10.4. The lowest BCUT2D eigenvalue weighted by Gasteiger charge is -2.36. The zero-order valence-electron chi connectivity index (χ0n) is 10.4. The second kappa shape index (κ2) is 5.18. The maximum Gasteiger partial charge on any atom is 0.418 e. The molecular weight excluding hydrogens is 241 g/mol. The van der Waals surface area contributed by atoms with E-state index in [0.29, 0.717) is 18.8 Å². The summed E-state index contributed by atoms with van der Waals surface area (Å²) in [5.41, 5.74) is -0.226. The minimum Gasteiger partial charge on any atom is -0.368 e. The number of alkyl halides is 3. The van der Waals surface area contributed by atoms with E-state index in [-0.39, 0.29) is 0 Å². The molecule has 1 aromatic carbocycles. The van der Waals surface area contributed by atoms with Gasteiger partial charge in [-0.25, -0.2) is 0 Å². The van der Waals surface area contributed by atoms with Crippen molar-refractivity contribution in [3.05, 3.63) is 29.8 Å². The third kappa shape index (κ3) is 2.77. The van der Waals surface area contributed by atoms with Crippen LogP contribution in [0.25, 0.3) is 0 Å². The minimum absolute atomic E-state index is 0.306. The van der Waals surface area contributed by atoms with Crippen molar-refractivity contribution in [2.24, 2.45) is 0 Å². The normalized spacial score (nSPS) is 18.1. The largest absolute Gasteiger partial charge is 0.418 e. The van der Waals surface area contributed by atoms with Crippen LogP contribution in [-0.2, 0) is 6.18 Å². The third-order valence-electron chi connectivity index (χ3n) is 3.37. The van der Waals surface area contributed by atoms with Gasteiger partial charge in [0.25, 0.3) is 0 Å². The Balaban J connectivity index is 2.19. The molecule has 100 valence electrons. The average Bonchev–Trinajstić information content (AvgIpc) is 2.38. The fourth-order valence-electron chi connectivity index (χ4n) is 2.29. The van der Waals surface area contributed by atoms with Gasteiger partial charge < -0.3 is 9.80 Å². The number of rotatable bonds is 2. The molecule has 0 N–H and O–H groups in total. The van der Waals surface area contributed by atoms with Crippen molar-refractivity contribution in [3.8, 4) is 0 Å². The molecule has 0 atom stereocenters. The summed E-state index contributed by atoms with van der Waals surface area (Å²) in [5.74, 6) is 0. The van der Waals surface area contributed by atoms with Gasteiger partial charge >= 0.3 is 6.18 Å². The molecule has 2 rings (SSSR count). The molecule has 1 aliphatic heterocycles. The summed E-state index contributed by atoms with van der Waals surface area (Å²) in [5, 5.41) is 0. The molecule has 0 bridgehead atoms. The Morgan fingerprint density at radius 3 is 2.22 bits per heavy atom. The number of para-hydroxylation sites is 1. The number of piperazine rings is 1. The number of benzene rings is 1. The quantitative estimate of drug-likeness (QED) is 0.805. The van der Waals surface area contributed by atoms with E-state index in [0.717, 1.165) is 25.7 Å². The van der Waals surface area contributed by atoms with Gasteiger partial charge in [-0.1, -0.05) is 19.1 Å². The van der Waals surface area contributed by atoms with Crippen LogP contribution < -0.4 is 4.90 Å². The smallest absolute Gasteiger partial charge is 0.368 e. The van der Waals surface area contributed by atoms with Gasteiger partial charge in [-0.3, -0.25) is 0 Å². The van der Waals surface area contributed by atoms with E-state index < -0.39 is 11.7 Å². The molecule has 1 fully saturated rings. The van der Waals surface area contributed by atoms with Crippen LogP contribution in [0.15, 0.2) is 24.3 Å². The summed E-state index contributed by atoms with van der Waals surface area (Å²) in [6.07, 6.45) is -4.28. The van der Waals surface area contributed by atoms with E-state index in [1.165, 1.54) is 6.07 Å². The first-order valence-electron chi connectivity index (χ1n) is 6.16. The van der Waals surface area contributed by atoms with Crippen molar-refractivity contribution < 1.29 is 13.2 Å². The molecule has 0 amide bonds. The highest BCUT2D eigenvalue weighted by molar-refractivity contribution is 5.55. The van der Waals surface area contributed by atoms with Crippen LogP contribution in [0.3, 0.4) is 0 Å². The summed E-state index contributed by atoms with van der Waals surface area (Å²) >= 11 is 0. The van der Waals surface area contributed by atoms with Gasteiger partial charge in [-0.2, -0.15) is 13.2 Å². The van der Waals surface area contributed by atoms with Crippen LogP contribution in [0.1, 0.15) is 12.5 Å². The number of likely N-dealkylation sites (N-methyl/N-ethyl adjacent to an activating group) is 1. The molecule has 0 aliphatic carbocycles. The van der Waals surface area contributed by atoms with Crippen LogP contribution in [-0.4, -0.2) is 37.6 Å². The summed E-state index contributed by atoms with van der Waals surface area (Å²) in [6.45, 7) is 5.97. The maximum atomic E-state index is 12.9. The molecule has 1 heterocycles. The van der Waals surface area contributed by atoms with E-state index in [2.05, 4.69) is 11.8 Å². The van der Waals surface area contributed by atoms with E-state index >= 15 is 0 Å². The Kier molecular flexibility index (Phi) is 3.80.